The number of aryl methyl sites for hydroxylation is 2. The number of nitrogens with zero attached hydrogens (tertiary/aromatic N) is 2. The summed E-state index contributed by atoms with van der Waals surface area (Å²) in [6.07, 6.45) is 2.47. The summed E-state index contributed by atoms with van der Waals surface area (Å²) in [6, 6.07) is 37.2. The van der Waals surface area contributed by atoms with Crippen LogP contribution in [0, 0.1) is 6.92 Å². The molecule has 0 saturated heterocycles. The van der Waals surface area contributed by atoms with Crippen LogP contribution in [0.15, 0.2) is 115 Å². The zero-order chi connectivity index (χ0) is 35.7. The van der Waals surface area contributed by atoms with Crippen LogP contribution >= 0.6 is 12.6 Å². The number of hydrogen-bond acceptors (Lipinski definition) is 6. The standard InChI is InChI=1S/C43H43N3O4S/c1-4-11-40-45-41-29(2)22-34(42(47)44-35(28-51)23-30-12-6-5-7-13-30)25-39(41)46(40)26-31-18-20-33(21-19-31)37-16-8-9-17-38(37)43(48)50-27-32-14-10-15-36(24-32)49-3/h5-10,12-22,24-25,35,51H,4,11,23,26-28H2,1-3H3,(H,44,47)/t35-/m1/s1. The first-order chi connectivity index (χ1) is 24.9. The van der Waals surface area contributed by atoms with E-state index in [0.717, 1.165) is 63.1 Å². The fourth-order valence-corrected chi connectivity index (χ4v) is 6.59. The van der Waals surface area contributed by atoms with Gasteiger partial charge in [0.05, 0.1) is 23.7 Å². The van der Waals surface area contributed by atoms with Crippen molar-refractivity contribution in [3.8, 4) is 16.9 Å². The second-order valence-corrected chi connectivity index (χ2v) is 13.1. The second kappa shape index (κ2) is 16.6. The molecule has 0 fully saturated rings. The van der Waals surface area contributed by atoms with Crippen molar-refractivity contribution in [2.24, 2.45) is 0 Å². The molecule has 6 rings (SSSR count). The summed E-state index contributed by atoms with van der Waals surface area (Å²) in [5.74, 6) is 1.73. The number of rotatable bonds is 14. The molecule has 1 amide bonds. The molecule has 5 aromatic carbocycles. The average Bonchev–Trinajstić information content (AvgIpc) is 3.51. The van der Waals surface area contributed by atoms with Crippen LogP contribution in [0.3, 0.4) is 0 Å². The Morgan fingerprint density at radius 1 is 0.863 bits per heavy atom. The Bertz CT molecular complexity index is 2130. The second-order valence-electron chi connectivity index (χ2n) is 12.7. The van der Waals surface area contributed by atoms with Crippen molar-refractivity contribution in [2.75, 3.05) is 12.9 Å². The monoisotopic (exact) mass is 697 g/mol. The van der Waals surface area contributed by atoms with E-state index < -0.39 is 0 Å². The quantitative estimate of drug-likeness (QED) is 0.0880. The van der Waals surface area contributed by atoms with Crippen LogP contribution in [0.2, 0.25) is 0 Å². The van der Waals surface area contributed by atoms with E-state index in [4.69, 9.17) is 14.5 Å². The average molecular weight is 698 g/mol. The molecule has 260 valence electrons. The summed E-state index contributed by atoms with van der Waals surface area (Å²) < 4.78 is 13.2. The zero-order valence-electron chi connectivity index (χ0n) is 29.3. The Kier molecular flexibility index (Phi) is 11.5. The van der Waals surface area contributed by atoms with E-state index in [1.54, 1.807) is 13.2 Å². The number of amides is 1. The Hall–Kier alpha value is -5.34. The van der Waals surface area contributed by atoms with E-state index in [0.29, 0.717) is 35.6 Å². The molecule has 0 spiro atoms. The molecule has 0 aliphatic rings. The molecule has 0 radical (unpaired) electrons. The van der Waals surface area contributed by atoms with Crippen molar-refractivity contribution in [3.63, 3.8) is 0 Å². The predicted molar refractivity (Wildman–Crippen MR) is 207 cm³/mol. The van der Waals surface area contributed by atoms with E-state index in [1.165, 1.54) is 0 Å². The van der Waals surface area contributed by atoms with Crippen molar-refractivity contribution in [1.82, 2.24) is 14.9 Å². The molecule has 1 heterocycles. The number of benzene rings is 5. The van der Waals surface area contributed by atoms with Crippen molar-refractivity contribution < 1.29 is 19.1 Å². The van der Waals surface area contributed by atoms with Gasteiger partial charge in [0.2, 0.25) is 0 Å². The number of fused-ring (bicyclic) bond motifs is 1. The van der Waals surface area contributed by atoms with Crippen LogP contribution in [0.25, 0.3) is 22.2 Å². The van der Waals surface area contributed by atoms with Gasteiger partial charge in [-0.15, -0.1) is 0 Å². The predicted octanol–water partition coefficient (Wildman–Crippen LogP) is 8.65. The molecule has 0 saturated carbocycles. The molecule has 7 nitrogen and oxygen atoms in total. The highest BCUT2D eigenvalue weighted by Gasteiger charge is 2.19. The summed E-state index contributed by atoms with van der Waals surface area (Å²) in [4.78, 5) is 31.8. The van der Waals surface area contributed by atoms with Gasteiger partial charge in [0, 0.05) is 30.3 Å². The van der Waals surface area contributed by atoms with Gasteiger partial charge < -0.3 is 19.4 Å². The van der Waals surface area contributed by atoms with Gasteiger partial charge in [-0.05, 0) is 83.5 Å². The van der Waals surface area contributed by atoms with Crippen LogP contribution < -0.4 is 10.1 Å². The number of carbonyl (C=O) groups excluding carboxylic acids is 2. The maximum atomic E-state index is 13.6. The maximum Gasteiger partial charge on any atom is 0.339 e. The number of thiol groups is 1. The molecule has 1 aromatic heterocycles. The molecule has 0 aliphatic carbocycles. The van der Waals surface area contributed by atoms with Gasteiger partial charge in [0.25, 0.3) is 5.91 Å². The summed E-state index contributed by atoms with van der Waals surface area (Å²) in [5, 5.41) is 3.20. The van der Waals surface area contributed by atoms with Gasteiger partial charge in [-0.25, -0.2) is 9.78 Å². The number of carbonyl (C=O) groups is 2. The summed E-state index contributed by atoms with van der Waals surface area (Å²) in [5.41, 5.74) is 8.72. The van der Waals surface area contributed by atoms with E-state index in [2.05, 4.69) is 53.7 Å². The molecule has 8 heteroatoms. The fourth-order valence-electron chi connectivity index (χ4n) is 6.37. The number of methoxy groups -OCH3 is 1. The minimum atomic E-state index is -0.387. The highest BCUT2D eigenvalue weighted by Crippen LogP contribution is 2.28. The van der Waals surface area contributed by atoms with Crippen molar-refractivity contribution in [1.29, 1.82) is 0 Å². The SMILES string of the molecule is CCCc1nc2c(C)cc(C(=O)N[C@@H](CS)Cc3ccccc3)cc2n1Cc1ccc(-c2ccccc2C(=O)OCc2cccc(OC)c2)cc1. The number of imidazole rings is 1. The van der Waals surface area contributed by atoms with E-state index >= 15 is 0 Å². The lowest BCUT2D eigenvalue weighted by Gasteiger charge is -2.17. The van der Waals surface area contributed by atoms with Crippen LogP contribution in [-0.2, 0) is 30.7 Å². The highest BCUT2D eigenvalue weighted by molar-refractivity contribution is 7.80. The Labute approximate surface area is 305 Å². The van der Waals surface area contributed by atoms with Gasteiger partial charge in [0.15, 0.2) is 0 Å². The summed E-state index contributed by atoms with van der Waals surface area (Å²) in [7, 11) is 1.61. The molecule has 0 bridgehead atoms. The number of hydrogen-bond donors (Lipinski definition) is 2. The van der Waals surface area contributed by atoms with Crippen molar-refractivity contribution in [2.45, 2.75) is 52.3 Å². The first-order valence-electron chi connectivity index (χ1n) is 17.3. The normalized spacial score (nSPS) is 11.7. The number of ether oxygens (including phenoxy) is 2. The molecule has 0 unspecified atom stereocenters. The van der Waals surface area contributed by atoms with Gasteiger partial charge in [-0.2, -0.15) is 12.6 Å². The summed E-state index contributed by atoms with van der Waals surface area (Å²) >= 11 is 4.53. The minimum Gasteiger partial charge on any atom is -0.497 e. The molecule has 1 N–H and O–H groups in total. The van der Waals surface area contributed by atoms with Gasteiger partial charge >= 0.3 is 5.97 Å². The molecular weight excluding hydrogens is 655 g/mol. The van der Waals surface area contributed by atoms with E-state index in [-0.39, 0.29) is 24.5 Å². The van der Waals surface area contributed by atoms with Gasteiger partial charge in [0.1, 0.15) is 18.2 Å². The lowest BCUT2D eigenvalue weighted by atomic mass is 9.98. The first kappa shape index (κ1) is 35.5. The number of aromatic nitrogens is 2. The lowest BCUT2D eigenvalue weighted by molar-refractivity contribution is 0.0473. The molecule has 51 heavy (non-hydrogen) atoms. The molecule has 0 aliphatic heterocycles. The number of esters is 1. The minimum absolute atomic E-state index is 0.0988. The van der Waals surface area contributed by atoms with Crippen LogP contribution in [0.1, 0.15) is 62.1 Å². The third kappa shape index (κ3) is 8.52. The van der Waals surface area contributed by atoms with Gasteiger partial charge in [-0.3, -0.25) is 4.79 Å². The Morgan fingerprint density at radius 2 is 1.61 bits per heavy atom. The lowest BCUT2D eigenvalue weighted by Crippen LogP contribution is -2.37. The Balaban J connectivity index is 1.22. The van der Waals surface area contributed by atoms with Crippen LogP contribution in [0.4, 0.5) is 0 Å². The maximum absolute atomic E-state index is 13.6. The van der Waals surface area contributed by atoms with Crippen LogP contribution in [0.5, 0.6) is 5.75 Å². The summed E-state index contributed by atoms with van der Waals surface area (Å²) in [6.45, 7) is 4.90. The largest absolute Gasteiger partial charge is 0.497 e. The zero-order valence-corrected chi connectivity index (χ0v) is 30.2. The fraction of sp³-hybridized carbons (Fsp3) is 0.233. The molecule has 6 aromatic rings. The van der Waals surface area contributed by atoms with Crippen LogP contribution in [-0.4, -0.2) is 40.3 Å². The van der Waals surface area contributed by atoms with E-state index in [1.807, 2.05) is 91.9 Å². The Morgan fingerprint density at radius 3 is 2.35 bits per heavy atom. The topological polar surface area (TPSA) is 82.5 Å². The van der Waals surface area contributed by atoms with Gasteiger partial charge in [-0.1, -0.05) is 91.9 Å². The third-order valence-electron chi connectivity index (χ3n) is 9.00. The van der Waals surface area contributed by atoms with E-state index in [9.17, 15) is 9.59 Å². The van der Waals surface area contributed by atoms with Crippen molar-refractivity contribution >= 4 is 35.5 Å². The molecular formula is C43H43N3O4S. The molecule has 1 atom stereocenters. The first-order valence-corrected chi connectivity index (χ1v) is 17.9. The van der Waals surface area contributed by atoms with Crippen molar-refractivity contribution in [3.05, 3.63) is 154 Å². The third-order valence-corrected chi connectivity index (χ3v) is 9.44. The smallest absolute Gasteiger partial charge is 0.339 e. The highest BCUT2D eigenvalue weighted by atomic mass is 32.1. The number of nitrogens with one attached hydrogen (secondary N) is 1.